The van der Waals surface area contributed by atoms with Crippen molar-refractivity contribution in [2.45, 2.75) is 17.8 Å². The third-order valence-corrected chi connectivity index (χ3v) is 9.27. The molecule has 10 heteroatoms. The number of rotatable bonds is 6. The Balaban J connectivity index is 1.30. The van der Waals surface area contributed by atoms with Crippen LogP contribution in [0.4, 0.5) is 11.4 Å². The SMILES string of the molecule is O=C(Cc1ccc([N+](=O)[O-])cc1)N/N=C\C12c3ccccc3C(c3ccccc31)[C@@H]1C(=O)N(c3ccc(Br)cc3)C(=O)[C@@H]12. The number of amides is 3. The number of hydrogen-bond acceptors (Lipinski definition) is 6. The minimum Gasteiger partial charge on any atom is -0.274 e. The van der Waals surface area contributed by atoms with Gasteiger partial charge in [-0.1, -0.05) is 76.6 Å². The molecule has 0 spiro atoms. The van der Waals surface area contributed by atoms with E-state index in [0.717, 1.165) is 26.7 Å². The van der Waals surface area contributed by atoms with E-state index in [-0.39, 0.29) is 29.8 Å². The number of nitrogens with zero attached hydrogens (tertiary/aromatic N) is 3. The molecule has 2 bridgehead atoms. The summed E-state index contributed by atoms with van der Waals surface area (Å²) in [7, 11) is 0. The summed E-state index contributed by atoms with van der Waals surface area (Å²) in [5.74, 6) is -2.71. The molecule has 9 nitrogen and oxygen atoms in total. The molecule has 4 aliphatic rings. The highest BCUT2D eigenvalue weighted by Gasteiger charge is 2.68. The minimum absolute atomic E-state index is 0.0433. The average molecular weight is 635 g/mol. The van der Waals surface area contributed by atoms with E-state index in [1.165, 1.54) is 29.2 Å². The summed E-state index contributed by atoms with van der Waals surface area (Å²) in [6, 6.07) is 28.5. The summed E-state index contributed by atoms with van der Waals surface area (Å²) >= 11 is 3.42. The highest BCUT2D eigenvalue weighted by molar-refractivity contribution is 9.10. The number of carbonyl (C=O) groups is 3. The Hall–Kier alpha value is -4.96. The molecule has 2 atom stereocenters. The molecule has 3 aliphatic carbocycles. The van der Waals surface area contributed by atoms with Crippen molar-refractivity contribution in [2.24, 2.45) is 16.9 Å². The first-order valence-electron chi connectivity index (χ1n) is 13.7. The van der Waals surface area contributed by atoms with E-state index in [4.69, 9.17) is 0 Å². The minimum atomic E-state index is -1.11. The van der Waals surface area contributed by atoms with Gasteiger partial charge in [0, 0.05) is 28.7 Å². The molecule has 1 aliphatic heterocycles. The Kier molecular flexibility index (Phi) is 6.32. The van der Waals surface area contributed by atoms with Gasteiger partial charge >= 0.3 is 0 Å². The average Bonchev–Trinajstić information content (AvgIpc) is 3.28. The van der Waals surface area contributed by atoms with Crippen molar-refractivity contribution in [1.82, 2.24) is 5.43 Å². The lowest BCUT2D eigenvalue weighted by atomic mass is 9.47. The second-order valence-corrected chi connectivity index (χ2v) is 11.8. The van der Waals surface area contributed by atoms with Crippen LogP contribution in [0, 0.1) is 22.0 Å². The number of nitro benzene ring substituents is 1. The lowest BCUT2D eigenvalue weighted by Gasteiger charge is -2.52. The van der Waals surface area contributed by atoms with Crippen LogP contribution in [0.25, 0.3) is 0 Å². The van der Waals surface area contributed by atoms with Crippen LogP contribution in [-0.2, 0) is 26.2 Å². The number of anilines is 1. The van der Waals surface area contributed by atoms with Crippen LogP contribution in [0.2, 0.25) is 0 Å². The van der Waals surface area contributed by atoms with Crippen LogP contribution in [0.3, 0.4) is 0 Å². The summed E-state index contributed by atoms with van der Waals surface area (Å²) < 4.78 is 0.834. The van der Waals surface area contributed by atoms with E-state index >= 15 is 0 Å². The fraction of sp³-hybridized carbons (Fsp3) is 0.152. The molecule has 0 aromatic heterocycles. The van der Waals surface area contributed by atoms with Gasteiger partial charge in [0.05, 0.1) is 34.3 Å². The number of non-ortho nitro benzene ring substituents is 1. The van der Waals surface area contributed by atoms with Crippen molar-refractivity contribution in [1.29, 1.82) is 0 Å². The predicted octanol–water partition coefficient (Wildman–Crippen LogP) is 5.25. The van der Waals surface area contributed by atoms with Gasteiger partial charge in [0.1, 0.15) is 0 Å². The van der Waals surface area contributed by atoms with Crippen LogP contribution < -0.4 is 10.3 Å². The molecular formula is C33H23BrN4O5. The molecule has 1 saturated heterocycles. The maximum atomic E-state index is 14.4. The van der Waals surface area contributed by atoms with Crippen LogP contribution in [-0.4, -0.2) is 28.9 Å². The van der Waals surface area contributed by atoms with Crippen LogP contribution in [0.15, 0.2) is 107 Å². The van der Waals surface area contributed by atoms with E-state index in [1.54, 1.807) is 30.5 Å². The van der Waals surface area contributed by atoms with Gasteiger partial charge in [-0.3, -0.25) is 24.5 Å². The van der Waals surface area contributed by atoms with Gasteiger partial charge in [0.2, 0.25) is 17.7 Å². The molecule has 3 amide bonds. The molecule has 8 rings (SSSR count). The van der Waals surface area contributed by atoms with E-state index < -0.39 is 28.1 Å². The number of halogens is 1. The molecule has 4 aromatic carbocycles. The summed E-state index contributed by atoms with van der Waals surface area (Å²) in [5, 5.41) is 15.4. The third kappa shape index (κ3) is 4.04. The van der Waals surface area contributed by atoms with Gasteiger partial charge in [-0.2, -0.15) is 5.10 Å². The first-order valence-corrected chi connectivity index (χ1v) is 14.5. The summed E-state index contributed by atoms with van der Waals surface area (Å²) in [6.07, 6.45) is 1.57. The molecule has 0 saturated carbocycles. The molecule has 1 fully saturated rings. The van der Waals surface area contributed by atoms with E-state index in [2.05, 4.69) is 26.5 Å². The van der Waals surface area contributed by atoms with Gasteiger partial charge < -0.3 is 0 Å². The van der Waals surface area contributed by atoms with Gasteiger partial charge in [0.25, 0.3) is 5.69 Å². The van der Waals surface area contributed by atoms with Crippen LogP contribution in [0.1, 0.15) is 33.7 Å². The Morgan fingerprint density at radius 2 is 1.51 bits per heavy atom. The highest BCUT2D eigenvalue weighted by Crippen LogP contribution is 2.63. The van der Waals surface area contributed by atoms with Crippen molar-refractivity contribution in [3.63, 3.8) is 0 Å². The predicted molar refractivity (Wildman–Crippen MR) is 163 cm³/mol. The Morgan fingerprint density at radius 3 is 2.12 bits per heavy atom. The number of imide groups is 1. The lowest BCUT2D eigenvalue weighted by molar-refractivity contribution is -0.384. The zero-order chi connectivity index (χ0) is 29.9. The van der Waals surface area contributed by atoms with Crippen molar-refractivity contribution in [3.8, 4) is 0 Å². The van der Waals surface area contributed by atoms with Gasteiger partial charge in [0.15, 0.2) is 0 Å². The Bertz CT molecular complexity index is 1810. The van der Waals surface area contributed by atoms with Gasteiger partial charge in [-0.25, -0.2) is 10.3 Å². The fourth-order valence-corrected chi connectivity index (χ4v) is 7.33. The number of nitrogens with one attached hydrogen (secondary N) is 1. The molecule has 0 radical (unpaired) electrons. The quantitative estimate of drug-likeness (QED) is 0.134. The standard InChI is InChI=1S/C33H23BrN4O5/c34-20-11-15-21(16-12-20)37-31(40)29-28-23-5-1-3-7-25(23)33(30(29)32(37)41,26-8-4-2-6-24(26)28)18-35-36-27(39)17-19-9-13-22(14-10-19)38(42)43/h1-16,18,28-30H,17H2,(H,36,39)/b35-18-/t28?,29-,30+,33?/m0/s1. The van der Waals surface area contributed by atoms with E-state index in [0.29, 0.717) is 11.3 Å². The van der Waals surface area contributed by atoms with Crippen molar-refractivity contribution in [2.75, 3.05) is 4.90 Å². The van der Waals surface area contributed by atoms with Crippen molar-refractivity contribution in [3.05, 3.63) is 139 Å². The summed E-state index contributed by atoms with van der Waals surface area (Å²) in [4.78, 5) is 53.2. The van der Waals surface area contributed by atoms with Crippen molar-refractivity contribution >= 4 is 51.2 Å². The molecule has 0 unspecified atom stereocenters. The number of nitro groups is 1. The monoisotopic (exact) mass is 634 g/mol. The number of hydrazone groups is 1. The second kappa shape index (κ2) is 10.1. The molecule has 1 heterocycles. The summed E-state index contributed by atoms with van der Waals surface area (Å²) in [5.41, 5.74) is 6.20. The van der Waals surface area contributed by atoms with E-state index in [9.17, 15) is 24.5 Å². The number of hydrogen-bond donors (Lipinski definition) is 1. The lowest BCUT2D eigenvalue weighted by Crippen LogP contribution is -2.54. The Morgan fingerprint density at radius 1 is 0.907 bits per heavy atom. The maximum absolute atomic E-state index is 14.4. The largest absolute Gasteiger partial charge is 0.274 e. The van der Waals surface area contributed by atoms with E-state index in [1.807, 2.05) is 48.5 Å². The topological polar surface area (TPSA) is 122 Å². The van der Waals surface area contributed by atoms with Gasteiger partial charge in [-0.05, 0) is 52.1 Å². The van der Waals surface area contributed by atoms with Crippen LogP contribution >= 0.6 is 15.9 Å². The zero-order valence-corrected chi connectivity index (χ0v) is 24.1. The van der Waals surface area contributed by atoms with Crippen molar-refractivity contribution < 1.29 is 19.3 Å². The van der Waals surface area contributed by atoms with Gasteiger partial charge in [-0.15, -0.1) is 0 Å². The molecule has 1 N–H and O–H groups in total. The molecule has 4 aromatic rings. The maximum Gasteiger partial charge on any atom is 0.269 e. The normalized spacial score (nSPS) is 23.2. The third-order valence-electron chi connectivity index (χ3n) is 8.74. The highest BCUT2D eigenvalue weighted by atomic mass is 79.9. The summed E-state index contributed by atoms with van der Waals surface area (Å²) in [6.45, 7) is 0. The molecule has 212 valence electrons. The number of benzene rings is 4. The smallest absolute Gasteiger partial charge is 0.269 e. The first-order chi connectivity index (χ1) is 20.8. The first kappa shape index (κ1) is 26.9. The fourth-order valence-electron chi connectivity index (χ4n) is 7.06. The Labute approximate surface area is 254 Å². The zero-order valence-electron chi connectivity index (χ0n) is 22.5. The van der Waals surface area contributed by atoms with Crippen LogP contribution in [0.5, 0.6) is 0 Å². The molecular weight excluding hydrogens is 612 g/mol. The number of carbonyl (C=O) groups excluding carboxylic acids is 3. The second-order valence-electron chi connectivity index (χ2n) is 10.9. The molecule has 43 heavy (non-hydrogen) atoms.